The Balaban J connectivity index is 1.94. The van der Waals surface area contributed by atoms with Gasteiger partial charge in [0.25, 0.3) is 0 Å². The molecule has 2 rings (SSSR count). The summed E-state index contributed by atoms with van der Waals surface area (Å²) in [4.78, 5) is 12.5. The molecule has 4 nitrogen and oxygen atoms in total. The average Bonchev–Trinajstić information content (AvgIpc) is 2.53. The van der Waals surface area contributed by atoms with Crippen molar-refractivity contribution in [3.8, 4) is 0 Å². The number of piperidine rings is 1. The van der Waals surface area contributed by atoms with Crippen molar-refractivity contribution in [2.75, 3.05) is 18.8 Å². The largest absolute Gasteiger partial charge is 0.294 e. The van der Waals surface area contributed by atoms with Gasteiger partial charge in [-0.15, -0.1) is 0 Å². The molecule has 0 amide bonds. The molecule has 122 valence electrons. The van der Waals surface area contributed by atoms with E-state index in [0.717, 1.165) is 17.5 Å². The number of carbonyl (C=O) groups excluding carboxylic acids is 1. The molecule has 0 spiro atoms. The standard InChI is InChI=1S/C17H25NO3S/c1-3-4-13-22(20,21)18-11-9-16(10-12-18)17(19)15-7-5-14(2)6-8-15/h5-8,16H,3-4,9-13H2,1-2H3. The van der Waals surface area contributed by atoms with E-state index >= 15 is 0 Å². The monoisotopic (exact) mass is 323 g/mol. The predicted molar refractivity (Wildman–Crippen MR) is 88.5 cm³/mol. The number of benzene rings is 1. The van der Waals surface area contributed by atoms with Crippen molar-refractivity contribution in [1.29, 1.82) is 0 Å². The Hall–Kier alpha value is -1.20. The number of aryl methyl sites for hydroxylation is 1. The fraction of sp³-hybridized carbons (Fsp3) is 0.588. The molecule has 22 heavy (non-hydrogen) atoms. The van der Waals surface area contributed by atoms with E-state index in [2.05, 4.69) is 0 Å². The van der Waals surface area contributed by atoms with Crippen LogP contribution in [0.3, 0.4) is 0 Å². The van der Waals surface area contributed by atoms with E-state index in [0.29, 0.717) is 32.4 Å². The SMILES string of the molecule is CCCCS(=O)(=O)N1CCC(C(=O)c2ccc(C)cc2)CC1. The average molecular weight is 323 g/mol. The topological polar surface area (TPSA) is 54.5 Å². The van der Waals surface area contributed by atoms with E-state index in [1.54, 1.807) is 4.31 Å². The van der Waals surface area contributed by atoms with Crippen LogP contribution in [0.25, 0.3) is 0 Å². The van der Waals surface area contributed by atoms with Crippen LogP contribution in [0.2, 0.25) is 0 Å². The molecule has 0 saturated carbocycles. The molecular weight excluding hydrogens is 298 g/mol. The van der Waals surface area contributed by atoms with Gasteiger partial charge in [0.1, 0.15) is 0 Å². The zero-order valence-corrected chi connectivity index (χ0v) is 14.2. The van der Waals surface area contributed by atoms with Gasteiger partial charge in [-0.05, 0) is 26.2 Å². The maximum Gasteiger partial charge on any atom is 0.214 e. The summed E-state index contributed by atoms with van der Waals surface area (Å²) in [6, 6.07) is 7.61. The van der Waals surface area contributed by atoms with Gasteiger partial charge >= 0.3 is 0 Å². The predicted octanol–water partition coefficient (Wildman–Crippen LogP) is 3.02. The maximum atomic E-state index is 12.5. The van der Waals surface area contributed by atoms with Crippen molar-refractivity contribution in [2.45, 2.75) is 39.5 Å². The number of nitrogens with zero attached hydrogens (tertiary/aromatic N) is 1. The van der Waals surface area contributed by atoms with Crippen LogP contribution in [0, 0.1) is 12.8 Å². The summed E-state index contributed by atoms with van der Waals surface area (Å²) >= 11 is 0. The first kappa shape index (κ1) is 17.2. The molecule has 1 saturated heterocycles. The van der Waals surface area contributed by atoms with Crippen molar-refractivity contribution in [3.05, 3.63) is 35.4 Å². The van der Waals surface area contributed by atoms with Gasteiger partial charge in [-0.25, -0.2) is 12.7 Å². The van der Waals surface area contributed by atoms with Gasteiger partial charge < -0.3 is 0 Å². The maximum absolute atomic E-state index is 12.5. The number of ketones is 1. The van der Waals surface area contributed by atoms with Gasteiger partial charge in [0, 0.05) is 24.6 Å². The molecule has 0 aliphatic carbocycles. The summed E-state index contributed by atoms with van der Waals surface area (Å²) in [6.07, 6.45) is 2.82. The summed E-state index contributed by atoms with van der Waals surface area (Å²) in [5, 5.41) is 0. The zero-order valence-electron chi connectivity index (χ0n) is 13.4. The fourth-order valence-corrected chi connectivity index (χ4v) is 4.48. The molecule has 1 aliphatic rings. The molecule has 0 N–H and O–H groups in total. The van der Waals surface area contributed by atoms with Crippen LogP contribution >= 0.6 is 0 Å². The van der Waals surface area contributed by atoms with Gasteiger partial charge in [0.15, 0.2) is 5.78 Å². The first-order valence-corrected chi connectivity index (χ1v) is 9.63. The third-order valence-corrected chi connectivity index (χ3v) is 6.27. The molecule has 0 aromatic heterocycles. The van der Waals surface area contributed by atoms with Crippen LogP contribution in [-0.4, -0.2) is 37.3 Å². The molecule has 0 unspecified atom stereocenters. The third kappa shape index (κ3) is 4.17. The first-order valence-electron chi connectivity index (χ1n) is 8.02. The number of rotatable bonds is 6. The molecule has 5 heteroatoms. The summed E-state index contributed by atoms with van der Waals surface area (Å²) in [5.41, 5.74) is 1.87. The minimum absolute atomic E-state index is 0.0552. The highest BCUT2D eigenvalue weighted by molar-refractivity contribution is 7.89. The Labute approximate surface area is 133 Å². The number of carbonyl (C=O) groups is 1. The Bertz CT molecular complexity index is 599. The molecule has 0 bridgehead atoms. The molecule has 1 heterocycles. The van der Waals surface area contributed by atoms with Gasteiger partial charge in [0.05, 0.1) is 5.75 Å². The van der Waals surface area contributed by atoms with Gasteiger partial charge in [-0.1, -0.05) is 43.2 Å². The summed E-state index contributed by atoms with van der Waals surface area (Å²) < 4.78 is 25.9. The van der Waals surface area contributed by atoms with E-state index in [1.165, 1.54) is 0 Å². The van der Waals surface area contributed by atoms with Crippen molar-refractivity contribution >= 4 is 15.8 Å². The summed E-state index contributed by atoms with van der Waals surface area (Å²) in [6.45, 7) is 4.92. The van der Waals surface area contributed by atoms with Gasteiger partial charge in [-0.2, -0.15) is 0 Å². The van der Waals surface area contributed by atoms with Crippen LogP contribution < -0.4 is 0 Å². The van der Waals surface area contributed by atoms with Crippen LogP contribution in [0.15, 0.2) is 24.3 Å². The molecule has 1 fully saturated rings. The lowest BCUT2D eigenvalue weighted by Gasteiger charge is -2.30. The lowest BCUT2D eigenvalue weighted by Crippen LogP contribution is -2.41. The first-order chi connectivity index (χ1) is 10.4. The fourth-order valence-electron chi connectivity index (χ4n) is 2.81. The molecule has 1 aliphatic heterocycles. The lowest BCUT2D eigenvalue weighted by atomic mass is 9.89. The van der Waals surface area contributed by atoms with E-state index in [4.69, 9.17) is 0 Å². The minimum atomic E-state index is -3.14. The summed E-state index contributed by atoms with van der Waals surface area (Å²) in [7, 11) is -3.14. The van der Waals surface area contributed by atoms with Gasteiger partial charge in [0.2, 0.25) is 10.0 Å². The highest BCUT2D eigenvalue weighted by Gasteiger charge is 2.30. The molecule has 0 radical (unpaired) electrons. The number of hydrogen-bond donors (Lipinski definition) is 0. The van der Waals surface area contributed by atoms with E-state index in [1.807, 2.05) is 38.1 Å². The Morgan fingerprint density at radius 2 is 1.77 bits per heavy atom. The second kappa shape index (κ2) is 7.38. The van der Waals surface area contributed by atoms with Crippen LogP contribution in [0.4, 0.5) is 0 Å². The normalized spacial score (nSPS) is 17.5. The highest BCUT2D eigenvalue weighted by atomic mass is 32.2. The lowest BCUT2D eigenvalue weighted by molar-refractivity contribution is 0.0875. The van der Waals surface area contributed by atoms with Crippen molar-refractivity contribution < 1.29 is 13.2 Å². The summed E-state index contributed by atoms with van der Waals surface area (Å²) in [5.74, 6) is 0.311. The van der Waals surface area contributed by atoms with E-state index in [-0.39, 0.29) is 17.5 Å². The number of unbranched alkanes of at least 4 members (excludes halogenated alkanes) is 1. The molecule has 1 aromatic rings. The van der Waals surface area contributed by atoms with Crippen LogP contribution in [0.5, 0.6) is 0 Å². The Morgan fingerprint density at radius 3 is 2.32 bits per heavy atom. The van der Waals surface area contributed by atoms with Crippen molar-refractivity contribution in [2.24, 2.45) is 5.92 Å². The van der Waals surface area contributed by atoms with E-state index in [9.17, 15) is 13.2 Å². The van der Waals surface area contributed by atoms with Crippen molar-refractivity contribution in [1.82, 2.24) is 4.31 Å². The van der Waals surface area contributed by atoms with Gasteiger partial charge in [-0.3, -0.25) is 4.79 Å². The Morgan fingerprint density at radius 1 is 1.18 bits per heavy atom. The molecule has 0 atom stereocenters. The van der Waals surface area contributed by atoms with Crippen molar-refractivity contribution in [3.63, 3.8) is 0 Å². The smallest absolute Gasteiger partial charge is 0.214 e. The number of Topliss-reactive ketones (excluding diaryl/α,β-unsaturated/α-hetero) is 1. The third-order valence-electron chi connectivity index (χ3n) is 4.31. The highest BCUT2D eigenvalue weighted by Crippen LogP contribution is 2.24. The van der Waals surface area contributed by atoms with E-state index < -0.39 is 10.0 Å². The van der Waals surface area contributed by atoms with Crippen LogP contribution in [0.1, 0.15) is 48.5 Å². The Kier molecular flexibility index (Phi) is 5.75. The minimum Gasteiger partial charge on any atom is -0.294 e. The quantitative estimate of drug-likeness (QED) is 0.756. The number of sulfonamides is 1. The zero-order chi connectivity index (χ0) is 16.2. The molecular formula is C17H25NO3S. The van der Waals surface area contributed by atoms with Crippen LogP contribution in [-0.2, 0) is 10.0 Å². The number of hydrogen-bond acceptors (Lipinski definition) is 3. The second-order valence-electron chi connectivity index (χ2n) is 6.07. The second-order valence-corrected chi connectivity index (χ2v) is 8.16. The molecule has 1 aromatic carbocycles.